The molecule has 0 aliphatic carbocycles. The van der Waals surface area contributed by atoms with Crippen molar-refractivity contribution in [1.82, 2.24) is 14.8 Å². The summed E-state index contributed by atoms with van der Waals surface area (Å²) in [5.41, 5.74) is 1.66. The van der Waals surface area contributed by atoms with Crippen LogP contribution in [0.3, 0.4) is 0 Å². The van der Waals surface area contributed by atoms with Crippen LogP contribution in [0.2, 0.25) is 5.02 Å². The molecule has 0 saturated carbocycles. The molecule has 2 aromatic carbocycles. The fourth-order valence-electron chi connectivity index (χ4n) is 3.17. The zero-order valence-electron chi connectivity index (χ0n) is 17.6. The van der Waals surface area contributed by atoms with Crippen molar-refractivity contribution >= 4 is 29.3 Å². The van der Waals surface area contributed by atoms with Crippen molar-refractivity contribution in [3.05, 3.63) is 77.2 Å². The number of rotatable bonds is 7. The molecule has 4 rings (SSSR count). The average molecular weight is 470 g/mol. The van der Waals surface area contributed by atoms with E-state index in [1.54, 1.807) is 19.2 Å². The van der Waals surface area contributed by atoms with Gasteiger partial charge in [-0.15, -0.1) is 10.2 Å². The van der Waals surface area contributed by atoms with Gasteiger partial charge in [0.2, 0.25) is 5.76 Å². The monoisotopic (exact) mass is 469 g/mol. The van der Waals surface area contributed by atoms with Crippen molar-refractivity contribution < 1.29 is 18.7 Å². The van der Waals surface area contributed by atoms with Crippen LogP contribution in [0.1, 0.15) is 28.5 Å². The first-order chi connectivity index (χ1) is 15.5. The van der Waals surface area contributed by atoms with Gasteiger partial charge in [-0.05, 0) is 55.5 Å². The van der Waals surface area contributed by atoms with E-state index >= 15 is 0 Å². The zero-order valence-corrected chi connectivity index (χ0v) is 19.2. The molecule has 2 aromatic heterocycles. The van der Waals surface area contributed by atoms with Gasteiger partial charge in [-0.25, -0.2) is 4.79 Å². The SMILES string of the molecule is COC(=O)c1ccc(C(C)Sc2nnc(-c3ccccc3OC)n2-c2ccc(Cl)cc2)o1. The third-order valence-corrected chi connectivity index (χ3v) is 6.08. The number of carbonyl (C=O) groups is 1. The minimum Gasteiger partial charge on any atom is -0.496 e. The molecule has 0 N–H and O–H groups in total. The Kier molecular flexibility index (Phi) is 6.53. The normalized spacial score (nSPS) is 11.9. The Morgan fingerprint density at radius 1 is 1.06 bits per heavy atom. The second-order valence-electron chi connectivity index (χ2n) is 6.77. The molecular weight excluding hydrogens is 450 g/mol. The first-order valence-corrected chi connectivity index (χ1v) is 11.0. The Bertz CT molecular complexity index is 1240. The average Bonchev–Trinajstić information content (AvgIpc) is 3.47. The summed E-state index contributed by atoms with van der Waals surface area (Å²) < 4.78 is 17.9. The number of para-hydroxylation sites is 1. The van der Waals surface area contributed by atoms with Crippen molar-refractivity contribution in [3.8, 4) is 22.8 Å². The number of benzene rings is 2. The second-order valence-corrected chi connectivity index (χ2v) is 8.52. The summed E-state index contributed by atoms with van der Waals surface area (Å²) in [5.74, 6) is 1.59. The highest BCUT2D eigenvalue weighted by atomic mass is 35.5. The van der Waals surface area contributed by atoms with Gasteiger partial charge in [-0.1, -0.05) is 35.5 Å². The van der Waals surface area contributed by atoms with E-state index in [9.17, 15) is 4.79 Å². The molecule has 32 heavy (non-hydrogen) atoms. The van der Waals surface area contributed by atoms with Crippen molar-refractivity contribution in [2.45, 2.75) is 17.3 Å². The van der Waals surface area contributed by atoms with Crippen LogP contribution in [-0.4, -0.2) is 35.0 Å². The van der Waals surface area contributed by atoms with Crippen molar-refractivity contribution in [2.75, 3.05) is 14.2 Å². The lowest BCUT2D eigenvalue weighted by atomic mass is 10.2. The summed E-state index contributed by atoms with van der Waals surface area (Å²) in [6, 6.07) is 18.4. The summed E-state index contributed by atoms with van der Waals surface area (Å²) in [6.45, 7) is 1.97. The number of hydrogen-bond acceptors (Lipinski definition) is 7. The summed E-state index contributed by atoms with van der Waals surface area (Å²) in [7, 11) is 2.94. The van der Waals surface area contributed by atoms with Gasteiger partial charge in [0, 0.05) is 10.7 Å². The van der Waals surface area contributed by atoms with Crippen LogP contribution >= 0.6 is 23.4 Å². The molecule has 9 heteroatoms. The van der Waals surface area contributed by atoms with E-state index in [0.717, 1.165) is 11.3 Å². The quantitative estimate of drug-likeness (QED) is 0.249. The predicted molar refractivity (Wildman–Crippen MR) is 123 cm³/mol. The van der Waals surface area contributed by atoms with Gasteiger partial charge < -0.3 is 13.9 Å². The van der Waals surface area contributed by atoms with Crippen LogP contribution in [0.4, 0.5) is 0 Å². The number of methoxy groups -OCH3 is 2. The van der Waals surface area contributed by atoms with Crippen molar-refractivity contribution in [3.63, 3.8) is 0 Å². The Morgan fingerprint density at radius 2 is 1.81 bits per heavy atom. The smallest absolute Gasteiger partial charge is 0.373 e. The molecule has 0 amide bonds. The molecule has 0 aliphatic rings. The third kappa shape index (κ3) is 4.37. The highest BCUT2D eigenvalue weighted by Crippen LogP contribution is 2.39. The first-order valence-electron chi connectivity index (χ1n) is 9.71. The van der Waals surface area contributed by atoms with E-state index in [-0.39, 0.29) is 11.0 Å². The number of ether oxygens (including phenoxy) is 2. The van der Waals surface area contributed by atoms with Gasteiger partial charge in [0.15, 0.2) is 11.0 Å². The van der Waals surface area contributed by atoms with Gasteiger partial charge in [-0.3, -0.25) is 4.57 Å². The molecule has 7 nitrogen and oxygen atoms in total. The van der Waals surface area contributed by atoms with E-state index < -0.39 is 5.97 Å². The van der Waals surface area contributed by atoms with Crippen LogP contribution in [0.5, 0.6) is 5.75 Å². The number of aromatic nitrogens is 3. The van der Waals surface area contributed by atoms with E-state index in [0.29, 0.717) is 27.5 Å². The van der Waals surface area contributed by atoms with Gasteiger partial charge in [0.25, 0.3) is 0 Å². The van der Waals surface area contributed by atoms with Crippen LogP contribution in [0.15, 0.2) is 70.2 Å². The minimum absolute atomic E-state index is 0.144. The predicted octanol–water partition coefficient (Wildman–Crippen LogP) is 5.83. The standard InChI is InChI=1S/C23H20ClN3O4S/c1-14(18-12-13-20(31-18)22(28)30-3)32-23-26-25-21(17-6-4-5-7-19(17)29-2)27(23)16-10-8-15(24)9-11-16/h4-14H,1-3H3. The van der Waals surface area contributed by atoms with Crippen LogP contribution in [-0.2, 0) is 4.74 Å². The zero-order chi connectivity index (χ0) is 22.7. The number of nitrogens with zero attached hydrogens (tertiary/aromatic N) is 3. The maximum atomic E-state index is 11.7. The number of hydrogen-bond donors (Lipinski definition) is 0. The molecule has 0 fully saturated rings. The lowest BCUT2D eigenvalue weighted by Crippen LogP contribution is -2.01. The molecule has 0 aliphatic heterocycles. The van der Waals surface area contributed by atoms with Crippen LogP contribution in [0.25, 0.3) is 17.1 Å². The van der Waals surface area contributed by atoms with E-state index in [4.69, 9.17) is 25.5 Å². The largest absolute Gasteiger partial charge is 0.496 e. The number of furan rings is 1. The lowest BCUT2D eigenvalue weighted by Gasteiger charge is -2.14. The fraction of sp³-hybridized carbons (Fsp3) is 0.174. The maximum absolute atomic E-state index is 11.7. The molecule has 0 bridgehead atoms. The first kappa shape index (κ1) is 22.0. The Balaban J connectivity index is 1.75. The number of esters is 1. The summed E-state index contributed by atoms with van der Waals surface area (Å²) >= 11 is 7.56. The molecule has 1 unspecified atom stereocenters. The molecule has 2 heterocycles. The van der Waals surface area contributed by atoms with E-state index in [1.165, 1.54) is 18.9 Å². The van der Waals surface area contributed by atoms with Gasteiger partial charge in [0.1, 0.15) is 11.5 Å². The molecule has 1 atom stereocenters. The lowest BCUT2D eigenvalue weighted by molar-refractivity contribution is 0.0563. The van der Waals surface area contributed by atoms with Crippen molar-refractivity contribution in [1.29, 1.82) is 0 Å². The summed E-state index contributed by atoms with van der Waals surface area (Å²) in [5, 5.41) is 10.0. The van der Waals surface area contributed by atoms with Gasteiger partial charge >= 0.3 is 5.97 Å². The highest BCUT2D eigenvalue weighted by Gasteiger charge is 2.23. The number of thioether (sulfide) groups is 1. The molecule has 0 radical (unpaired) electrons. The Morgan fingerprint density at radius 3 is 2.53 bits per heavy atom. The maximum Gasteiger partial charge on any atom is 0.373 e. The highest BCUT2D eigenvalue weighted by molar-refractivity contribution is 7.99. The third-order valence-electron chi connectivity index (χ3n) is 4.76. The van der Waals surface area contributed by atoms with E-state index in [2.05, 4.69) is 10.2 Å². The van der Waals surface area contributed by atoms with E-state index in [1.807, 2.05) is 60.0 Å². The molecule has 0 spiro atoms. The fourth-order valence-corrected chi connectivity index (χ4v) is 4.24. The molecule has 4 aromatic rings. The molecule has 164 valence electrons. The molecule has 0 saturated heterocycles. The van der Waals surface area contributed by atoms with Gasteiger partial charge in [-0.2, -0.15) is 0 Å². The van der Waals surface area contributed by atoms with Gasteiger partial charge in [0.05, 0.1) is 25.0 Å². The number of carbonyl (C=O) groups excluding carboxylic acids is 1. The van der Waals surface area contributed by atoms with Crippen LogP contribution in [0, 0.1) is 0 Å². The number of halogens is 1. The van der Waals surface area contributed by atoms with Crippen LogP contribution < -0.4 is 4.74 Å². The summed E-state index contributed by atoms with van der Waals surface area (Å²) in [6.07, 6.45) is 0. The minimum atomic E-state index is -0.517. The molecular formula is C23H20ClN3O4S. The Hall–Kier alpha value is -3.23. The van der Waals surface area contributed by atoms with Crippen molar-refractivity contribution in [2.24, 2.45) is 0 Å². The second kappa shape index (κ2) is 9.50. The summed E-state index contributed by atoms with van der Waals surface area (Å²) in [4.78, 5) is 11.7. The topological polar surface area (TPSA) is 79.4 Å². The Labute approximate surface area is 194 Å².